The predicted octanol–water partition coefficient (Wildman–Crippen LogP) is 2.20. The highest BCUT2D eigenvalue weighted by Crippen LogP contribution is 2.23. The van der Waals surface area contributed by atoms with Crippen LogP contribution >= 0.6 is 11.8 Å². The Bertz CT molecular complexity index is 476. The van der Waals surface area contributed by atoms with E-state index in [4.69, 9.17) is 5.73 Å². The molecule has 1 unspecified atom stereocenters. The van der Waals surface area contributed by atoms with Crippen molar-refractivity contribution in [3.05, 3.63) is 23.4 Å². The van der Waals surface area contributed by atoms with Crippen LogP contribution in [-0.2, 0) is 5.41 Å². The van der Waals surface area contributed by atoms with Gasteiger partial charge >= 0.3 is 0 Å². The zero-order valence-corrected chi connectivity index (χ0v) is 12.5. The smallest absolute Gasteiger partial charge is 0.251 e. The lowest BCUT2D eigenvalue weighted by atomic mass is 9.90. The van der Waals surface area contributed by atoms with Gasteiger partial charge in [0.25, 0.3) is 5.91 Å². The second kappa shape index (κ2) is 5.41. The summed E-state index contributed by atoms with van der Waals surface area (Å²) in [6, 6.07) is 3.77. The number of thioether (sulfide) groups is 1. The number of nitrogens with zero attached hydrogens (tertiary/aromatic N) is 1. The van der Waals surface area contributed by atoms with Crippen LogP contribution in [0.25, 0.3) is 0 Å². The van der Waals surface area contributed by atoms with E-state index in [1.165, 1.54) is 0 Å². The van der Waals surface area contributed by atoms with Crippen molar-refractivity contribution in [1.29, 1.82) is 0 Å². The Labute approximate surface area is 118 Å². The number of hydrogen-bond acceptors (Lipinski definition) is 4. The lowest BCUT2D eigenvalue weighted by Crippen LogP contribution is -2.35. The van der Waals surface area contributed by atoms with Gasteiger partial charge < -0.3 is 11.1 Å². The molecule has 1 saturated heterocycles. The summed E-state index contributed by atoms with van der Waals surface area (Å²) < 4.78 is 0. The van der Waals surface area contributed by atoms with E-state index in [0.29, 0.717) is 11.4 Å². The molecule has 1 fully saturated rings. The van der Waals surface area contributed by atoms with E-state index in [1.807, 2.05) is 17.8 Å². The van der Waals surface area contributed by atoms with Crippen LogP contribution in [0.15, 0.2) is 12.1 Å². The van der Waals surface area contributed by atoms with Gasteiger partial charge in [-0.3, -0.25) is 4.79 Å². The van der Waals surface area contributed by atoms with Gasteiger partial charge in [-0.15, -0.1) is 0 Å². The maximum absolute atomic E-state index is 12.2. The van der Waals surface area contributed by atoms with Gasteiger partial charge in [-0.05, 0) is 24.3 Å². The first-order valence-corrected chi connectivity index (χ1v) is 7.68. The summed E-state index contributed by atoms with van der Waals surface area (Å²) in [6.45, 7) is 6.18. The van der Waals surface area contributed by atoms with Crippen molar-refractivity contribution in [2.75, 3.05) is 17.2 Å². The van der Waals surface area contributed by atoms with Crippen molar-refractivity contribution in [2.24, 2.45) is 0 Å². The Hall–Kier alpha value is -1.23. The second-order valence-corrected chi connectivity index (χ2v) is 7.10. The summed E-state index contributed by atoms with van der Waals surface area (Å²) in [6.07, 6.45) is 1.04. The lowest BCUT2D eigenvalue weighted by molar-refractivity contribution is 0.0941. The molecule has 2 heterocycles. The van der Waals surface area contributed by atoms with E-state index >= 15 is 0 Å². The molecule has 1 aromatic rings. The van der Waals surface area contributed by atoms with Gasteiger partial charge in [-0.2, -0.15) is 11.8 Å². The first-order chi connectivity index (χ1) is 8.86. The average Bonchev–Trinajstić information content (AvgIpc) is 2.79. The number of hydrogen-bond donors (Lipinski definition) is 2. The molecule has 3 N–H and O–H groups in total. The Balaban J connectivity index is 2.19. The fraction of sp³-hybridized carbons (Fsp3) is 0.571. The van der Waals surface area contributed by atoms with E-state index in [1.54, 1.807) is 6.07 Å². The molecular formula is C14H21N3OS. The molecule has 0 aromatic carbocycles. The average molecular weight is 279 g/mol. The summed E-state index contributed by atoms with van der Waals surface area (Å²) >= 11 is 1.88. The number of nitrogens with one attached hydrogen (secondary N) is 1. The Morgan fingerprint density at radius 2 is 2.21 bits per heavy atom. The van der Waals surface area contributed by atoms with Crippen molar-refractivity contribution < 1.29 is 4.79 Å². The summed E-state index contributed by atoms with van der Waals surface area (Å²) in [5.74, 6) is 2.47. The molecule has 19 heavy (non-hydrogen) atoms. The van der Waals surface area contributed by atoms with Gasteiger partial charge in [0, 0.05) is 28.5 Å². The first kappa shape index (κ1) is 14.2. The van der Waals surface area contributed by atoms with Gasteiger partial charge in [0.2, 0.25) is 0 Å². The molecule has 1 aliphatic rings. The van der Waals surface area contributed by atoms with Crippen LogP contribution in [0.4, 0.5) is 5.82 Å². The van der Waals surface area contributed by atoms with Gasteiger partial charge in [0.1, 0.15) is 5.82 Å². The van der Waals surface area contributed by atoms with Crippen molar-refractivity contribution in [1.82, 2.24) is 10.3 Å². The normalized spacial score (nSPS) is 19.4. The van der Waals surface area contributed by atoms with E-state index in [0.717, 1.165) is 23.6 Å². The van der Waals surface area contributed by atoms with Crippen LogP contribution < -0.4 is 11.1 Å². The molecule has 1 atom stereocenters. The molecule has 1 amide bonds. The van der Waals surface area contributed by atoms with E-state index in [9.17, 15) is 4.79 Å². The molecule has 104 valence electrons. The largest absolute Gasteiger partial charge is 0.384 e. The number of carbonyl (C=O) groups is 1. The third-order valence-corrected chi connectivity index (χ3v) is 4.30. The molecule has 0 bridgehead atoms. The molecular weight excluding hydrogens is 258 g/mol. The molecule has 2 rings (SSSR count). The monoisotopic (exact) mass is 279 g/mol. The quantitative estimate of drug-likeness (QED) is 0.871. The summed E-state index contributed by atoms with van der Waals surface area (Å²) in [5.41, 5.74) is 7.14. The molecule has 1 aromatic heterocycles. The van der Waals surface area contributed by atoms with Crippen LogP contribution in [-0.4, -0.2) is 28.4 Å². The van der Waals surface area contributed by atoms with Crippen molar-refractivity contribution >= 4 is 23.5 Å². The highest BCUT2D eigenvalue weighted by molar-refractivity contribution is 7.99. The maximum atomic E-state index is 12.2. The van der Waals surface area contributed by atoms with E-state index in [2.05, 4.69) is 31.1 Å². The van der Waals surface area contributed by atoms with Crippen molar-refractivity contribution in [3.63, 3.8) is 0 Å². The number of amides is 1. The lowest BCUT2D eigenvalue weighted by Gasteiger charge is -2.19. The van der Waals surface area contributed by atoms with Crippen molar-refractivity contribution in [3.8, 4) is 0 Å². The first-order valence-electron chi connectivity index (χ1n) is 6.53. The maximum Gasteiger partial charge on any atom is 0.251 e. The molecule has 4 nitrogen and oxygen atoms in total. The zero-order valence-electron chi connectivity index (χ0n) is 11.7. The minimum absolute atomic E-state index is 0.0490. The predicted molar refractivity (Wildman–Crippen MR) is 80.5 cm³/mol. The summed E-state index contributed by atoms with van der Waals surface area (Å²) in [5, 5.41) is 3.06. The Kier molecular flexibility index (Phi) is 4.04. The third-order valence-electron chi connectivity index (χ3n) is 3.14. The molecule has 0 spiro atoms. The van der Waals surface area contributed by atoms with E-state index < -0.39 is 0 Å². The summed E-state index contributed by atoms with van der Waals surface area (Å²) in [4.78, 5) is 16.5. The van der Waals surface area contributed by atoms with Gasteiger partial charge in [-0.25, -0.2) is 4.98 Å². The number of rotatable bonds is 2. The number of anilines is 1. The van der Waals surface area contributed by atoms with Crippen LogP contribution in [0.3, 0.4) is 0 Å². The topological polar surface area (TPSA) is 68.0 Å². The van der Waals surface area contributed by atoms with Crippen LogP contribution in [0, 0.1) is 0 Å². The number of nitrogens with two attached hydrogens (primary N) is 1. The highest BCUT2D eigenvalue weighted by Gasteiger charge is 2.21. The fourth-order valence-electron chi connectivity index (χ4n) is 1.98. The fourth-order valence-corrected chi connectivity index (χ4v) is 3.14. The minimum Gasteiger partial charge on any atom is -0.384 e. The highest BCUT2D eigenvalue weighted by atomic mass is 32.2. The van der Waals surface area contributed by atoms with Crippen LogP contribution in [0.1, 0.15) is 43.2 Å². The molecule has 0 radical (unpaired) electrons. The van der Waals surface area contributed by atoms with Gasteiger partial charge in [0.15, 0.2) is 0 Å². The van der Waals surface area contributed by atoms with E-state index in [-0.39, 0.29) is 17.4 Å². The summed E-state index contributed by atoms with van der Waals surface area (Å²) in [7, 11) is 0. The standard InChI is InChI=1S/C14H21N3OS/c1-14(2,3)11-6-9(7-12(15)17-11)13(18)16-10-4-5-19-8-10/h6-7,10H,4-5,8H2,1-3H3,(H2,15,17)(H,16,18). The minimum atomic E-state index is -0.117. The number of pyridine rings is 1. The van der Waals surface area contributed by atoms with Gasteiger partial charge in [0.05, 0.1) is 0 Å². The SMILES string of the molecule is CC(C)(C)c1cc(C(=O)NC2CCSC2)cc(N)n1. The molecule has 0 saturated carbocycles. The molecule has 5 heteroatoms. The molecule has 0 aliphatic carbocycles. The van der Waals surface area contributed by atoms with Gasteiger partial charge in [-0.1, -0.05) is 20.8 Å². The van der Waals surface area contributed by atoms with Crippen LogP contribution in [0.5, 0.6) is 0 Å². The third kappa shape index (κ3) is 3.62. The zero-order chi connectivity index (χ0) is 14.0. The second-order valence-electron chi connectivity index (χ2n) is 5.95. The molecule has 1 aliphatic heterocycles. The Morgan fingerprint density at radius 3 is 2.79 bits per heavy atom. The number of aromatic nitrogens is 1. The van der Waals surface area contributed by atoms with Crippen molar-refractivity contribution in [2.45, 2.75) is 38.6 Å². The number of carbonyl (C=O) groups excluding carboxylic acids is 1. The number of nitrogen functional groups attached to an aromatic ring is 1. The Morgan fingerprint density at radius 1 is 1.47 bits per heavy atom. The van der Waals surface area contributed by atoms with Crippen LogP contribution in [0.2, 0.25) is 0 Å².